The number of benzene rings is 2. The van der Waals surface area contributed by atoms with Gasteiger partial charge in [0.25, 0.3) is 0 Å². The van der Waals surface area contributed by atoms with Crippen molar-refractivity contribution in [3.05, 3.63) is 57.0 Å². The first-order chi connectivity index (χ1) is 15.8. The molecule has 0 spiro atoms. The van der Waals surface area contributed by atoms with E-state index in [2.05, 4.69) is 34.2 Å². The quantitative estimate of drug-likeness (QED) is 0.502. The molecule has 2 fully saturated rings. The molecular weight excluding hydrogens is 479 g/mol. The minimum atomic E-state index is -0.149. The summed E-state index contributed by atoms with van der Waals surface area (Å²) < 4.78 is 0. The summed E-state index contributed by atoms with van der Waals surface area (Å²) in [6, 6.07) is 12.3. The van der Waals surface area contributed by atoms with Crippen molar-refractivity contribution in [1.29, 1.82) is 0 Å². The molecule has 1 amide bonds. The van der Waals surface area contributed by atoms with Gasteiger partial charge in [0.1, 0.15) is 0 Å². The zero-order valence-electron chi connectivity index (χ0n) is 18.9. The number of carbonyl (C=O) groups is 1. The summed E-state index contributed by atoms with van der Waals surface area (Å²) in [6.45, 7) is 6.00. The van der Waals surface area contributed by atoms with Crippen LogP contribution in [0, 0.1) is 5.92 Å². The molecule has 5 nitrogen and oxygen atoms in total. The van der Waals surface area contributed by atoms with Crippen molar-refractivity contribution in [2.45, 2.75) is 44.7 Å². The van der Waals surface area contributed by atoms with Crippen molar-refractivity contribution in [3.63, 3.8) is 0 Å². The Morgan fingerprint density at radius 3 is 2.30 bits per heavy atom. The van der Waals surface area contributed by atoms with E-state index in [9.17, 15) is 4.79 Å². The molecule has 2 saturated heterocycles. The Balaban J connectivity index is 1.37. The third kappa shape index (κ3) is 5.89. The van der Waals surface area contributed by atoms with Gasteiger partial charge in [-0.05, 0) is 81.6 Å². The molecule has 2 aliphatic heterocycles. The average molecular weight is 510 g/mol. The second-order valence-electron chi connectivity index (χ2n) is 9.13. The van der Waals surface area contributed by atoms with Crippen LogP contribution in [0.4, 0.5) is 11.4 Å². The van der Waals surface area contributed by atoms with E-state index >= 15 is 0 Å². The Hall–Kier alpha value is -1.66. The first-order valence-electron chi connectivity index (χ1n) is 11.6. The molecule has 33 heavy (non-hydrogen) atoms. The van der Waals surface area contributed by atoms with Crippen molar-refractivity contribution in [2.75, 3.05) is 36.4 Å². The summed E-state index contributed by atoms with van der Waals surface area (Å²) in [5.74, 6) is -0.101. The fourth-order valence-corrected chi connectivity index (χ4v) is 5.77. The normalized spacial score (nSPS) is 19.5. The Morgan fingerprint density at radius 1 is 0.970 bits per heavy atom. The summed E-state index contributed by atoms with van der Waals surface area (Å²) in [7, 11) is 0. The van der Waals surface area contributed by atoms with Crippen LogP contribution < -0.4 is 16.0 Å². The van der Waals surface area contributed by atoms with Gasteiger partial charge in [-0.1, -0.05) is 40.9 Å². The second-order valence-corrected chi connectivity index (χ2v) is 10.4. The molecule has 0 unspecified atom stereocenters. The van der Waals surface area contributed by atoms with Gasteiger partial charge < -0.3 is 20.9 Å². The highest BCUT2D eigenvalue weighted by molar-refractivity contribution is 6.35. The smallest absolute Gasteiger partial charge is 0.220 e. The number of primary amides is 1. The number of amides is 1. The van der Waals surface area contributed by atoms with Gasteiger partial charge in [-0.3, -0.25) is 4.79 Å². The minimum Gasteiger partial charge on any atom is -0.377 e. The van der Waals surface area contributed by atoms with E-state index in [4.69, 9.17) is 40.5 Å². The van der Waals surface area contributed by atoms with Crippen molar-refractivity contribution in [3.8, 4) is 0 Å². The Bertz CT molecular complexity index is 986. The van der Waals surface area contributed by atoms with Crippen LogP contribution in [-0.2, 0) is 4.79 Å². The lowest BCUT2D eigenvalue weighted by atomic mass is 9.93. The monoisotopic (exact) mass is 508 g/mol. The zero-order chi connectivity index (χ0) is 23.5. The number of anilines is 2. The Kier molecular flexibility index (Phi) is 7.95. The van der Waals surface area contributed by atoms with Crippen LogP contribution in [0.2, 0.25) is 15.1 Å². The molecule has 2 aromatic carbocycles. The van der Waals surface area contributed by atoms with Crippen molar-refractivity contribution in [2.24, 2.45) is 11.7 Å². The average Bonchev–Trinajstić information content (AvgIpc) is 2.80. The summed E-state index contributed by atoms with van der Waals surface area (Å²) in [6.07, 6.45) is 4.00. The number of likely N-dealkylation sites (tertiary alicyclic amines) is 1. The first-order valence-corrected chi connectivity index (χ1v) is 12.7. The first kappa shape index (κ1) is 24.5. The van der Waals surface area contributed by atoms with Crippen LogP contribution in [0.25, 0.3) is 0 Å². The minimum absolute atomic E-state index is 0.0171. The lowest BCUT2D eigenvalue weighted by Gasteiger charge is -2.42. The van der Waals surface area contributed by atoms with Crippen LogP contribution >= 0.6 is 34.8 Å². The SMILES string of the molecule is C[C@@H](Nc1cc(N2CCC(N3CCC(C(N)=O)CC3)CC2)ccc1Cl)c1ccc(Cl)cc1Cl. The molecule has 0 radical (unpaired) electrons. The number of nitrogens with zero attached hydrogens (tertiary/aromatic N) is 2. The van der Waals surface area contributed by atoms with Gasteiger partial charge in [-0.15, -0.1) is 0 Å². The van der Waals surface area contributed by atoms with Gasteiger partial charge in [0.2, 0.25) is 5.91 Å². The predicted molar refractivity (Wildman–Crippen MR) is 139 cm³/mol. The van der Waals surface area contributed by atoms with Gasteiger partial charge in [0, 0.05) is 40.8 Å². The summed E-state index contributed by atoms with van der Waals surface area (Å²) in [4.78, 5) is 16.4. The topological polar surface area (TPSA) is 61.6 Å². The fourth-order valence-electron chi connectivity index (χ4n) is 5.02. The number of piperidine rings is 2. The highest BCUT2D eigenvalue weighted by Gasteiger charge is 2.30. The largest absolute Gasteiger partial charge is 0.377 e. The lowest BCUT2D eigenvalue weighted by molar-refractivity contribution is -0.123. The molecule has 0 aliphatic carbocycles. The summed E-state index contributed by atoms with van der Waals surface area (Å²) >= 11 is 18.9. The van der Waals surface area contributed by atoms with E-state index in [1.54, 1.807) is 6.07 Å². The molecule has 1 atom stereocenters. The number of nitrogens with one attached hydrogen (secondary N) is 1. The van der Waals surface area contributed by atoms with Crippen molar-refractivity contribution in [1.82, 2.24) is 4.90 Å². The predicted octanol–water partition coefficient (Wildman–Crippen LogP) is 5.99. The Labute approximate surface area is 211 Å². The molecule has 0 bridgehead atoms. The molecule has 0 saturated carbocycles. The zero-order valence-corrected chi connectivity index (χ0v) is 21.1. The number of carbonyl (C=O) groups excluding carboxylic acids is 1. The van der Waals surface area contributed by atoms with E-state index in [1.807, 2.05) is 18.2 Å². The Morgan fingerprint density at radius 2 is 1.67 bits per heavy atom. The number of rotatable bonds is 6. The maximum Gasteiger partial charge on any atom is 0.220 e. The van der Waals surface area contributed by atoms with Crippen LogP contribution in [0.5, 0.6) is 0 Å². The third-order valence-corrected chi connectivity index (χ3v) is 7.92. The number of nitrogens with two attached hydrogens (primary N) is 1. The van der Waals surface area contributed by atoms with Gasteiger partial charge in [-0.2, -0.15) is 0 Å². The fraction of sp³-hybridized carbons (Fsp3) is 0.480. The maximum atomic E-state index is 11.4. The van der Waals surface area contributed by atoms with Crippen LogP contribution in [0.1, 0.15) is 44.2 Å². The number of hydrogen-bond acceptors (Lipinski definition) is 4. The molecule has 4 rings (SSSR count). The van der Waals surface area contributed by atoms with E-state index in [0.717, 1.165) is 63.1 Å². The van der Waals surface area contributed by atoms with Gasteiger partial charge in [-0.25, -0.2) is 0 Å². The molecule has 0 aromatic heterocycles. The molecule has 3 N–H and O–H groups in total. The van der Waals surface area contributed by atoms with E-state index < -0.39 is 0 Å². The van der Waals surface area contributed by atoms with Crippen molar-refractivity contribution < 1.29 is 4.79 Å². The highest BCUT2D eigenvalue weighted by Crippen LogP contribution is 2.34. The van der Waals surface area contributed by atoms with Crippen LogP contribution in [0.3, 0.4) is 0 Å². The molecular formula is C25H31Cl3N4O. The molecule has 2 aliphatic rings. The molecule has 2 aromatic rings. The molecule has 8 heteroatoms. The summed E-state index contributed by atoms with van der Waals surface area (Å²) in [5.41, 5.74) is 8.52. The van der Waals surface area contributed by atoms with Crippen LogP contribution in [-0.4, -0.2) is 43.0 Å². The van der Waals surface area contributed by atoms with Crippen molar-refractivity contribution >= 4 is 52.1 Å². The van der Waals surface area contributed by atoms with E-state index in [0.29, 0.717) is 21.1 Å². The van der Waals surface area contributed by atoms with E-state index in [1.165, 1.54) is 5.69 Å². The molecule has 2 heterocycles. The highest BCUT2D eigenvalue weighted by atomic mass is 35.5. The number of halogens is 3. The number of hydrogen-bond donors (Lipinski definition) is 2. The lowest BCUT2D eigenvalue weighted by Crippen LogP contribution is -2.49. The van der Waals surface area contributed by atoms with Gasteiger partial charge >= 0.3 is 0 Å². The molecule has 178 valence electrons. The second kappa shape index (κ2) is 10.7. The third-order valence-electron chi connectivity index (χ3n) is 7.03. The maximum absolute atomic E-state index is 11.4. The van der Waals surface area contributed by atoms with Gasteiger partial charge in [0.05, 0.1) is 16.8 Å². The van der Waals surface area contributed by atoms with Gasteiger partial charge in [0.15, 0.2) is 0 Å². The summed E-state index contributed by atoms with van der Waals surface area (Å²) in [5, 5.41) is 5.45. The standard InChI is InChI=1S/C25H31Cl3N4O/c1-16(21-4-2-18(26)14-23(21)28)30-24-15-20(3-5-22(24)27)32-12-8-19(9-13-32)31-10-6-17(7-11-31)25(29)33/h2-5,14-17,19,30H,6-13H2,1H3,(H2,29,33)/t16-/m1/s1. The van der Waals surface area contributed by atoms with Crippen LogP contribution in [0.15, 0.2) is 36.4 Å². The van der Waals surface area contributed by atoms with E-state index in [-0.39, 0.29) is 17.9 Å².